The number of rotatable bonds is 24. The Kier molecular flexibility index (Phi) is 18.9. The summed E-state index contributed by atoms with van der Waals surface area (Å²) < 4.78 is 0. The average molecular weight is 699 g/mol. The Bertz CT molecular complexity index is 1210. The Labute approximate surface area is 281 Å². The number of amidine groups is 4. The Morgan fingerprint density at radius 2 is 0.837 bits per heavy atom. The van der Waals surface area contributed by atoms with Crippen LogP contribution >= 0.6 is 0 Å². The van der Waals surface area contributed by atoms with Crippen molar-refractivity contribution < 1.29 is 60.4 Å². The molecule has 0 saturated heterocycles. The Hall–Kier alpha value is -5.55. The molecule has 0 aliphatic carbocycles. The van der Waals surface area contributed by atoms with Crippen molar-refractivity contribution in [1.29, 1.82) is 5.26 Å². The molecule has 13 N–H and O–H groups in total. The zero-order valence-corrected chi connectivity index (χ0v) is 27.0. The molecule has 0 fully saturated rings. The highest BCUT2D eigenvalue weighted by atomic mass is 16.4. The number of nitrogens with two attached hydrogens (primary N) is 4. The van der Waals surface area contributed by atoms with E-state index >= 15 is 0 Å². The molecule has 9 unspecified atom stereocenters. The van der Waals surface area contributed by atoms with Crippen molar-refractivity contribution in [3.8, 4) is 6.07 Å². The lowest BCUT2D eigenvalue weighted by Gasteiger charge is -2.30. The van der Waals surface area contributed by atoms with Gasteiger partial charge in [0.2, 0.25) is 0 Å². The highest BCUT2D eigenvalue weighted by Crippen LogP contribution is 2.33. The first-order valence-electron chi connectivity index (χ1n) is 15.0. The van der Waals surface area contributed by atoms with Crippen LogP contribution in [0.3, 0.4) is 0 Å². The van der Waals surface area contributed by atoms with Gasteiger partial charge in [0.1, 0.15) is 23.3 Å². The molecule has 0 amide bonds. The summed E-state index contributed by atoms with van der Waals surface area (Å²) in [6.45, 7) is 2.60. The molecule has 21 heteroatoms. The van der Waals surface area contributed by atoms with Gasteiger partial charge in [-0.3, -0.25) is 4.79 Å². The summed E-state index contributed by atoms with van der Waals surface area (Å²) in [5.74, 6) is -18.5. The van der Waals surface area contributed by atoms with Crippen molar-refractivity contribution in [1.82, 2.24) is 0 Å². The van der Waals surface area contributed by atoms with Gasteiger partial charge in [-0.25, -0.2) is 0 Å². The van der Waals surface area contributed by atoms with Crippen LogP contribution in [0.1, 0.15) is 65.2 Å². The van der Waals surface area contributed by atoms with Gasteiger partial charge < -0.3 is 78.6 Å². The van der Waals surface area contributed by atoms with Crippen LogP contribution in [0.5, 0.6) is 0 Å². The molecule has 0 spiro atoms. The van der Waals surface area contributed by atoms with Crippen LogP contribution in [0.15, 0.2) is 20.6 Å². The standard InChI is InChI=1S/C28H47N9O12/c1-12(25(38)39)3-15(21(30)34-46)7-19(27(42)43)9-17(23(32)36-48)5-14(11-29)6-18(24(33)37-49)10-20(28(44)45)8-16(22(31)35-47)4-13(2)26(40)41/h12-20,46-49H,3-10H2,1-2H3,(H2,30,34)(H2,31,35)(H2,32,36)(H2,33,37)(H,38,39)(H,40,41)(H,42,43)(H,44,45)/p-3. The predicted molar refractivity (Wildman–Crippen MR) is 162 cm³/mol. The van der Waals surface area contributed by atoms with Crippen molar-refractivity contribution in [3.05, 3.63) is 0 Å². The minimum Gasteiger partial charge on any atom is -0.550 e. The third-order valence-electron chi connectivity index (χ3n) is 8.50. The molecular weight excluding hydrogens is 654 g/mol. The summed E-state index contributed by atoms with van der Waals surface area (Å²) in [5.41, 5.74) is 23.1. The summed E-state index contributed by atoms with van der Waals surface area (Å²) >= 11 is 0. The first kappa shape index (κ1) is 43.4. The number of nitrogens with zero attached hydrogens (tertiary/aromatic N) is 5. The number of nitriles is 1. The number of carbonyl (C=O) groups excluding carboxylic acids is 3. The Morgan fingerprint density at radius 1 is 0.551 bits per heavy atom. The Balaban J connectivity index is 6.34. The van der Waals surface area contributed by atoms with E-state index < -0.39 is 120 Å². The van der Waals surface area contributed by atoms with Crippen LogP contribution in [0.25, 0.3) is 0 Å². The number of aliphatic carboxylic acids is 4. The predicted octanol–water partition coefficient (Wildman–Crippen LogP) is -3.46. The smallest absolute Gasteiger partial charge is 0.306 e. The summed E-state index contributed by atoms with van der Waals surface area (Å²) in [5, 5.41) is 104. The number of hydrogen-bond acceptors (Lipinski definition) is 16. The van der Waals surface area contributed by atoms with Gasteiger partial charge in [0.15, 0.2) is 0 Å². The minimum atomic E-state index is -1.65. The summed E-state index contributed by atoms with van der Waals surface area (Å²) in [6, 6.07) is 1.95. The van der Waals surface area contributed by atoms with Crippen LogP contribution in [0, 0.1) is 64.6 Å². The largest absolute Gasteiger partial charge is 0.550 e. The van der Waals surface area contributed by atoms with E-state index in [4.69, 9.17) is 28.1 Å². The highest BCUT2D eigenvalue weighted by molar-refractivity contribution is 5.86. The lowest BCUT2D eigenvalue weighted by molar-refractivity contribution is -0.314. The van der Waals surface area contributed by atoms with Crippen LogP contribution < -0.4 is 38.3 Å². The maximum atomic E-state index is 12.2. The van der Waals surface area contributed by atoms with Crippen molar-refractivity contribution in [2.24, 2.45) is 96.8 Å². The normalized spacial score (nSPS) is 18.5. The van der Waals surface area contributed by atoms with Crippen molar-refractivity contribution in [2.75, 3.05) is 0 Å². The lowest BCUT2D eigenvalue weighted by atomic mass is 9.77. The average Bonchev–Trinajstić information content (AvgIpc) is 3.06. The molecule has 0 radical (unpaired) electrons. The van der Waals surface area contributed by atoms with Crippen LogP contribution in [0.4, 0.5) is 0 Å². The third-order valence-corrected chi connectivity index (χ3v) is 8.50. The van der Waals surface area contributed by atoms with E-state index in [9.17, 15) is 60.5 Å². The van der Waals surface area contributed by atoms with E-state index in [0.717, 1.165) is 0 Å². The number of oxime groups is 4. The number of carboxylic acid groups (broad SMARTS) is 4. The van der Waals surface area contributed by atoms with E-state index in [2.05, 4.69) is 20.6 Å². The van der Waals surface area contributed by atoms with Gasteiger partial charge >= 0.3 is 5.97 Å². The number of carbonyl (C=O) groups is 4. The topological polar surface area (TPSA) is 416 Å². The van der Waals surface area contributed by atoms with Crippen LogP contribution in [0.2, 0.25) is 0 Å². The second-order valence-corrected chi connectivity index (χ2v) is 12.1. The fraction of sp³-hybridized carbons (Fsp3) is 0.679. The second kappa shape index (κ2) is 21.3. The molecule has 0 heterocycles. The zero-order valence-electron chi connectivity index (χ0n) is 27.0. The molecule has 0 saturated carbocycles. The van der Waals surface area contributed by atoms with Gasteiger partial charge in [-0.05, 0) is 69.1 Å². The quantitative estimate of drug-likeness (QED) is 0.0204. The molecule has 0 aliphatic heterocycles. The van der Waals surface area contributed by atoms with Gasteiger partial charge in [-0.15, -0.1) is 0 Å². The first-order valence-corrected chi connectivity index (χ1v) is 15.0. The van der Waals surface area contributed by atoms with E-state index in [1.54, 1.807) is 0 Å². The Morgan fingerprint density at radius 3 is 1.06 bits per heavy atom. The summed E-state index contributed by atoms with van der Waals surface area (Å²) in [6.07, 6.45) is -2.78. The monoisotopic (exact) mass is 698 g/mol. The molecule has 0 aromatic carbocycles. The second-order valence-electron chi connectivity index (χ2n) is 12.1. The van der Waals surface area contributed by atoms with Crippen molar-refractivity contribution in [2.45, 2.75) is 65.2 Å². The maximum absolute atomic E-state index is 12.2. The minimum absolute atomic E-state index is 0.214. The van der Waals surface area contributed by atoms with E-state index in [0.29, 0.717) is 0 Å². The third kappa shape index (κ3) is 14.8. The van der Waals surface area contributed by atoms with E-state index in [1.807, 2.05) is 6.07 Å². The summed E-state index contributed by atoms with van der Waals surface area (Å²) in [4.78, 5) is 46.9. The van der Waals surface area contributed by atoms with Crippen LogP contribution in [-0.4, -0.2) is 73.2 Å². The van der Waals surface area contributed by atoms with Crippen LogP contribution in [-0.2, 0) is 19.2 Å². The molecule has 0 aromatic rings. The molecule has 0 aromatic heterocycles. The zero-order chi connectivity index (χ0) is 38.0. The van der Waals surface area contributed by atoms with Crippen molar-refractivity contribution >= 4 is 47.2 Å². The van der Waals surface area contributed by atoms with Crippen molar-refractivity contribution in [3.63, 3.8) is 0 Å². The van der Waals surface area contributed by atoms with Gasteiger partial charge in [0, 0.05) is 47.5 Å². The fourth-order valence-electron chi connectivity index (χ4n) is 5.57. The van der Waals surface area contributed by atoms with Gasteiger partial charge in [-0.1, -0.05) is 34.5 Å². The summed E-state index contributed by atoms with van der Waals surface area (Å²) in [7, 11) is 0. The SMILES string of the molecule is CC(CC(CC(CC(CC(C#N)CC(CC(CC(CC(C)C(=O)O)/C(N)=N/O)C(=O)[O-])/C(N)=N/O)/C(N)=N/O)C(=O)[O-])/C(N)=N/O)C(=O)[O-]. The molecular formula is C28H44N9O12-3. The molecule has 0 rings (SSSR count). The molecule has 49 heavy (non-hydrogen) atoms. The van der Waals surface area contributed by atoms with Gasteiger partial charge in [-0.2, -0.15) is 5.26 Å². The number of carboxylic acids is 4. The van der Waals surface area contributed by atoms with E-state index in [-0.39, 0.29) is 32.1 Å². The first-order chi connectivity index (χ1) is 22.9. The molecule has 0 aliphatic rings. The van der Waals surface area contributed by atoms with Gasteiger partial charge in [0.25, 0.3) is 0 Å². The maximum Gasteiger partial charge on any atom is 0.306 e. The van der Waals surface area contributed by atoms with Gasteiger partial charge in [0.05, 0.1) is 12.0 Å². The molecule has 21 nitrogen and oxygen atoms in total. The number of hydrogen-bond donors (Lipinski definition) is 9. The molecule has 0 bridgehead atoms. The molecule has 276 valence electrons. The fourth-order valence-corrected chi connectivity index (χ4v) is 5.57. The lowest BCUT2D eigenvalue weighted by Crippen LogP contribution is -2.40. The highest BCUT2D eigenvalue weighted by Gasteiger charge is 2.33. The van der Waals surface area contributed by atoms with E-state index in [1.165, 1.54) is 13.8 Å². The molecule has 9 atom stereocenters.